The molecule has 0 unspecified atom stereocenters. The van der Waals surface area contributed by atoms with E-state index in [1.807, 2.05) is 0 Å². The summed E-state index contributed by atoms with van der Waals surface area (Å²) < 4.78 is 21.8. The van der Waals surface area contributed by atoms with Crippen molar-refractivity contribution in [2.75, 3.05) is 0 Å². The van der Waals surface area contributed by atoms with Gasteiger partial charge in [0.1, 0.15) is 4.21 Å². The molecule has 0 radical (unpaired) electrons. The van der Waals surface area contributed by atoms with E-state index in [4.69, 9.17) is 5.14 Å². The highest BCUT2D eigenvalue weighted by Gasteiger charge is 2.20. The van der Waals surface area contributed by atoms with Gasteiger partial charge in [-0.3, -0.25) is 0 Å². The van der Waals surface area contributed by atoms with Gasteiger partial charge in [0.25, 0.3) is 0 Å². The fourth-order valence-electron chi connectivity index (χ4n) is 0.787. The van der Waals surface area contributed by atoms with Crippen LogP contribution in [-0.4, -0.2) is 13.5 Å². The van der Waals surface area contributed by atoms with Crippen LogP contribution in [-0.2, 0) is 15.6 Å². The molecule has 0 fully saturated rings. The molecule has 0 bridgehead atoms. The Labute approximate surface area is 81.1 Å². The average molecular weight is 221 g/mol. The maximum absolute atomic E-state index is 10.9. The lowest BCUT2D eigenvalue weighted by Crippen LogP contribution is -2.15. The lowest BCUT2D eigenvalue weighted by molar-refractivity contribution is 0.0789. The summed E-state index contributed by atoms with van der Waals surface area (Å²) in [6, 6.07) is 1.39. The molecule has 0 spiro atoms. The molecule has 0 aliphatic heterocycles. The number of hydrogen-bond acceptors (Lipinski definition) is 4. The zero-order chi connectivity index (χ0) is 10.3. The van der Waals surface area contributed by atoms with Crippen LogP contribution in [0.25, 0.3) is 0 Å². The van der Waals surface area contributed by atoms with Crippen LogP contribution in [0, 0.1) is 0 Å². The lowest BCUT2D eigenvalue weighted by atomic mass is 10.0. The van der Waals surface area contributed by atoms with Crippen LogP contribution in [0.5, 0.6) is 0 Å². The maximum Gasteiger partial charge on any atom is 0.247 e. The van der Waals surface area contributed by atoms with E-state index in [1.165, 1.54) is 6.07 Å². The van der Waals surface area contributed by atoms with Crippen molar-refractivity contribution in [1.29, 1.82) is 0 Å². The van der Waals surface area contributed by atoms with Gasteiger partial charge in [-0.1, -0.05) is 0 Å². The quantitative estimate of drug-likeness (QED) is 0.768. The van der Waals surface area contributed by atoms with E-state index in [0.29, 0.717) is 5.56 Å². The Morgan fingerprint density at radius 2 is 2.08 bits per heavy atom. The molecule has 1 heterocycles. The molecular formula is C7H11NO3S2. The number of primary sulfonamides is 1. The molecule has 1 aromatic heterocycles. The Balaban J connectivity index is 3.16. The van der Waals surface area contributed by atoms with Gasteiger partial charge in [-0.05, 0) is 30.9 Å². The summed E-state index contributed by atoms with van der Waals surface area (Å²) in [6.45, 7) is 3.17. The van der Waals surface area contributed by atoms with Crippen molar-refractivity contribution in [1.82, 2.24) is 0 Å². The molecule has 4 nitrogen and oxygen atoms in total. The number of rotatable bonds is 2. The molecule has 3 N–H and O–H groups in total. The fraction of sp³-hybridized carbons (Fsp3) is 0.429. The summed E-state index contributed by atoms with van der Waals surface area (Å²) >= 11 is 1.01. The maximum atomic E-state index is 10.9. The average Bonchev–Trinajstić information content (AvgIpc) is 2.28. The first kappa shape index (κ1) is 10.6. The fourth-order valence-corrected chi connectivity index (χ4v) is 2.55. The Hall–Kier alpha value is -0.430. The Morgan fingerprint density at radius 3 is 2.31 bits per heavy atom. The number of aliphatic hydroxyl groups is 1. The molecule has 74 valence electrons. The second-order valence-corrected chi connectivity index (χ2v) is 5.96. The highest BCUT2D eigenvalue weighted by Crippen LogP contribution is 2.27. The van der Waals surface area contributed by atoms with Crippen molar-refractivity contribution in [2.45, 2.75) is 23.7 Å². The third-order valence-electron chi connectivity index (χ3n) is 1.56. The molecule has 0 amide bonds. The molecule has 0 atom stereocenters. The number of sulfonamides is 1. The van der Waals surface area contributed by atoms with Crippen molar-refractivity contribution < 1.29 is 13.5 Å². The second-order valence-electron chi connectivity index (χ2n) is 3.26. The topological polar surface area (TPSA) is 80.4 Å². The third-order valence-corrected chi connectivity index (χ3v) is 3.95. The van der Waals surface area contributed by atoms with Crippen LogP contribution in [0.3, 0.4) is 0 Å². The predicted molar refractivity (Wildman–Crippen MR) is 50.9 cm³/mol. The van der Waals surface area contributed by atoms with E-state index in [2.05, 4.69) is 0 Å². The Morgan fingerprint density at radius 1 is 1.54 bits per heavy atom. The molecule has 0 aliphatic rings. The van der Waals surface area contributed by atoms with E-state index in [1.54, 1.807) is 19.2 Å². The SMILES string of the molecule is CC(C)(O)c1csc(S(N)(=O)=O)c1. The van der Waals surface area contributed by atoms with Crippen molar-refractivity contribution in [3.8, 4) is 0 Å². The lowest BCUT2D eigenvalue weighted by Gasteiger charge is -2.14. The number of thiophene rings is 1. The van der Waals surface area contributed by atoms with E-state index in [9.17, 15) is 13.5 Å². The Kier molecular flexibility index (Phi) is 2.50. The molecule has 1 aromatic rings. The van der Waals surface area contributed by atoms with E-state index in [0.717, 1.165) is 11.3 Å². The minimum atomic E-state index is -3.63. The molecule has 0 aliphatic carbocycles. The van der Waals surface area contributed by atoms with E-state index >= 15 is 0 Å². The van der Waals surface area contributed by atoms with Crippen molar-refractivity contribution >= 4 is 21.4 Å². The molecule has 1 rings (SSSR count). The monoisotopic (exact) mass is 221 g/mol. The largest absolute Gasteiger partial charge is 0.386 e. The summed E-state index contributed by atoms with van der Waals surface area (Å²) in [5.74, 6) is 0. The van der Waals surface area contributed by atoms with Gasteiger partial charge in [0.15, 0.2) is 0 Å². The van der Waals surface area contributed by atoms with Crippen LogP contribution < -0.4 is 5.14 Å². The van der Waals surface area contributed by atoms with Crippen molar-refractivity contribution in [3.05, 3.63) is 17.0 Å². The van der Waals surface area contributed by atoms with Crippen LogP contribution in [0.2, 0.25) is 0 Å². The summed E-state index contributed by atoms with van der Waals surface area (Å²) in [6.07, 6.45) is 0. The zero-order valence-corrected chi connectivity index (χ0v) is 8.95. The normalized spacial score (nSPS) is 13.2. The van der Waals surface area contributed by atoms with Gasteiger partial charge in [-0.2, -0.15) is 0 Å². The van der Waals surface area contributed by atoms with Crippen LogP contribution in [0.15, 0.2) is 15.7 Å². The standard InChI is InChI=1S/C7H11NO3S2/c1-7(2,9)5-3-6(12-4-5)13(8,10)11/h3-4,9H,1-2H3,(H2,8,10,11). The second kappa shape index (κ2) is 3.06. The van der Waals surface area contributed by atoms with Gasteiger partial charge in [-0.15, -0.1) is 11.3 Å². The molecule has 0 aromatic carbocycles. The summed E-state index contributed by atoms with van der Waals surface area (Å²) in [7, 11) is -3.63. The molecule has 0 saturated carbocycles. The van der Waals surface area contributed by atoms with Gasteiger partial charge in [0.2, 0.25) is 10.0 Å². The van der Waals surface area contributed by atoms with E-state index in [-0.39, 0.29) is 4.21 Å². The van der Waals surface area contributed by atoms with Gasteiger partial charge in [0, 0.05) is 0 Å². The van der Waals surface area contributed by atoms with Gasteiger partial charge < -0.3 is 5.11 Å². The third kappa shape index (κ3) is 2.50. The Bertz CT molecular complexity index is 400. The summed E-state index contributed by atoms with van der Waals surface area (Å²) in [5, 5.41) is 16.0. The van der Waals surface area contributed by atoms with Gasteiger partial charge in [-0.25, -0.2) is 13.6 Å². The number of nitrogens with two attached hydrogens (primary N) is 1. The number of hydrogen-bond donors (Lipinski definition) is 2. The van der Waals surface area contributed by atoms with Gasteiger partial charge >= 0.3 is 0 Å². The van der Waals surface area contributed by atoms with Crippen molar-refractivity contribution in [2.24, 2.45) is 5.14 Å². The highest BCUT2D eigenvalue weighted by molar-refractivity contribution is 7.91. The minimum absolute atomic E-state index is 0.0737. The first-order valence-corrected chi connectivity index (χ1v) is 5.98. The predicted octanol–water partition coefficient (Wildman–Crippen LogP) is 0.623. The van der Waals surface area contributed by atoms with E-state index < -0.39 is 15.6 Å². The molecule has 6 heteroatoms. The molecule has 13 heavy (non-hydrogen) atoms. The summed E-state index contributed by atoms with van der Waals surface area (Å²) in [5.41, 5.74) is -0.471. The summed E-state index contributed by atoms with van der Waals surface area (Å²) in [4.78, 5) is 0. The van der Waals surface area contributed by atoms with Gasteiger partial charge in [0.05, 0.1) is 5.60 Å². The minimum Gasteiger partial charge on any atom is -0.386 e. The first-order valence-electron chi connectivity index (χ1n) is 3.55. The molecular weight excluding hydrogens is 210 g/mol. The van der Waals surface area contributed by atoms with Crippen LogP contribution in [0.1, 0.15) is 19.4 Å². The van der Waals surface area contributed by atoms with Crippen LogP contribution in [0.4, 0.5) is 0 Å². The molecule has 0 saturated heterocycles. The van der Waals surface area contributed by atoms with Crippen LogP contribution >= 0.6 is 11.3 Å². The smallest absolute Gasteiger partial charge is 0.247 e. The first-order chi connectivity index (χ1) is 5.71. The van der Waals surface area contributed by atoms with Crippen molar-refractivity contribution in [3.63, 3.8) is 0 Å². The zero-order valence-electron chi connectivity index (χ0n) is 7.31. The highest BCUT2D eigenvalue weighted by atomic mass is 32.2.